The summed E-state index contributed by atoms with van der Waals surface area (Å²) in [5.41, 5.74) is 0. The van der Waals surface area contributed by atoms with E-state index < -0.39 is 0 Å². The lowest BCUT2D eigenvalue weighted by atomic mass is 10.4. The van der Waals surface area contributed by atoms with Gasteiger partial charge in [0.1, 0.15) is 6.61 Å². The molecule has 0 aromatic carbocycles. The zero-order chi connectivity index (χ0) is 15.2. The second-order valence-corrected chi connectivity index (χ2v) is 4.75. The predicted octanol–water partition coefficient (Wildman–Crippen LogP) is -0.495. The first-order valence-electron chi connectivity index (χ1n) is 7.55. The van der Waals surface area contributed by atoms with E-state index >= 15 is 0 Å². The third-order valence-corrected chi connectivity index (χ3v) is 3.09. The smallest absolute Gasteiger partial charge is 0.248 e. The Bertz CT molecular complexity index is 258. The first-order valence-corrected chi connectivity index (χ1v) is 7.55. The molecule has 21 heavy (non-hydrogen) atoms. The lowest BCUT2D eigenvalue weighted by Crippen LogP contribution is -2.36. The molecule has 0 spiro atoms. The lowest BCUT2D eigenvalue weighted by molar-refractivity contribution is -0.136. The lowest BCUT2D eigenvalue weighted by Gasteiger charge is -2.19. The van der Waals surface area contributed by atoms with Crippen molar-refractivity contribution >= 4 is 5.91 Å². The number of nitrogens with one attached hydrogen (secondary N) is 1. The molecule has 0 unspecified atom stereocenters. The maximum atomic E-state index is 11.9. The zero-order valence-electron chi connectivity index (χ0n) is 13.0. The van der Waals surface area contributed by atoms with Crippen LogP contribution in [-0.2, 0) is 23.7 Å². The molecule has 0 aromatic rings. The maximum absolute atomic E-state index is 11.9. The van der Waals surface area contributed by atoms with E-state index in [4.69, 9.17) is 18.9 Å². The topological polar surface area (TPSA) is 69.3 Å². The summed E-state index contributed by atoms with van der Waals surface area (Å²) in [6.45, 7) is 6.69. The molecule has 1 N–H and O–H groups in total. The van der Waals surface area contributed by atoms with Gasteiger partial charge >= 0.3 is 0 Å². The third kappa shape index (κ3) is 9.76. The number of methoxy groups -OCH3 is 1. The van der Waals surface area contributed by atoms with Gasteiger partial charge in [-0.2, -0.15) is 0 Å². The largest absolute Gasteiger partial charge is 0.382 e. The van der Waals surface area contributed by atoms with Gasteiger partial charge < -0.3 is 29.2 Å². The molecule has 0 saturated carbocycles. The summed E-state index contributed by atoms with van der Waals surface area (Å²) in [5, 5.41) is 3.27. The molecule has 0 atom stereocenters. The Labute approximate surface area is 126 Å². The number of hydrogen-bond donors (Lipinski definition) is 1. The molecule has 7 nitrogen and oxygen atoms in total. The fourth-order valence-corrected chi connectivity index (χ4v) is 1.93. The molecule has 1 fully saturated rings. The van der Waals surface area contributed by atoms with Crippen LogP contribution in [0, 0.1) is 0 Å². The molecule has 0 radical (unpaired) electrons. The standard InChI is InChI=1S/C14H28N2O5/c1-18-7-8-19-9-10-20-11-12-21-13-14(17)16-5-2-3-15-4-6-16/h15H,2-13H2,1H3. The van der Waals surface area contributed by atoms with Crippen molar-refractivity contribution in [2.75, 3.05) is 79.5 Å². The highest BCUT2D eigenvalue weighted by Crippen LogP contribution is 1.96. The van der Waals surface area contributed by atoms with E-state index in [0.29, 0.717) is 39.6 Å². The minimum Gasteiger partial charge on any atom is -0.382 e. The second kappa shape index (κ2) is 13.0. The Morgan fingerprint density at radius 1 is 0.952 bits per heavy atom. The second-order valence-electron chi connectivity index (χ2n) is 4.75. The fraction of sp³-hybridized carbons (Fsp3) is 0.929. The van der Waals surface area contributed by atoms with Gasteiger partial charge in [0.05, 0.1) is 39.6 Å². The van der Waals surface area contributed by atoms with E-state index in [1.807, 2.05) is 4.90 Å². The fourth-order valence-electron chi connectivity index (χ4n) is 1.93. The number of nitrogens with zero attached hydrogens (tertiary/aromatic N) is 1. The average Bonchev–Trinajstić information content (AvgIpc) is 2.78. The molecule has 1 aliphatic rings. The van der Waals surface area contributed by atoms with Crippen molar-refractivity contribution in [2.45, 2.75) is 6.42 Å². The quantitative estimate of drug-likeness (QED) is 0.519. The molecule has 0 aliphatic carbocycles. The number of amides is 1. The number of hydrogen-bond acceptors (Lipinski definition) is 6. The van der Waals surface area contributed by atoms with Crippen LogP contribution in [0.3, 0.4) is 0 Å². The maximum Gasteiger partial charge on any atom is 0.248 e. The molecule has 0 aromatic heterocycles. The van der Waals surface area contributed by atoms with Crippen molar-refractivity contribution in [3.8, 4) is 0 Å². The van der Waals surface area contributed by atoms with Crippen LogP contribution in [0.4, 0.5) is 0 Å². The minimum atomic E-state index is 0.0570. The van der Waals surface area contributed by atoms with Crippen LogP contribution in [-0.4, -0.2) is 90.3 Å². The van der Waals surface area contributed by atoms with Crippen molar-refractivity contribution in [3.05, 3.63) is 0 Å². The van der Waals surface area contributed by atoms with Gasteiger partial charge in [-0.15, -0.1) is 0 Å². The van der Waals surface area contributed by atoms with Crippen molar-refractivity contribution in [2.24, 2.45) is 0 Å². The van der Waals surface area contributed by atoms with Crippen LogP contribution in [0.1, 0.15) is 6.42 Å². The van der Waals surface area contributed by atoms with Crippen LogP contribution < -0.4 is 5.32 Å². The Morgan fingerprint density at radius 3 is 2.33 bits per heavy atom. The first kappa shape index (κ1) is 18.3. The highest BCUT2D eigenvalue weighted by Gasteiger charge is 2.14. The molecule has 1 aliphatic heterocycles. The van der Waals surface area contributed by atoms with Crippen LogP contribution in [0.15, 0.2) is 0 Å². The zero-order valence-corrected chi connectivity index (χ0v) is 13.0. The van der Waals surface area contributed by atoms with Crippen molar-refractivity contribution < 1.29 is 23.7 Å². The number of rotatable bonds is 11. The normalized spacial score (nSPS) is 16.0. The number of ether oxygens (including phenoxy) is 4. The van der Waals surface area contributed by atoms with Gasteiger partial charge in [0, 0.05) is 26.7 Å². The van der Waals surface area contributed by atoms with E-state index in [9.17, 15) is 4.79 Å². The van der Waals surface area contributed by atoms with Crippen molar-refractivity contribution in [1.29, 1.82) is 0 Å². The van der Waals surface area contributed by atoms with E-state index in [0.717, 1.165) is 32.6 Å². The summed E-state index contributed by atoms with van der Waals surface area (Å²) < 4.78 is 20.8. The van der Waals surface area contributed by atoms with Crippen LogP contribution in [0.2, 0.25) is 0 Å². The Kier molecular flexibility index (Phi) is 11.3. The van der Waals surface area contributed by atoms with E-state index in [2.05, 4.69) is 5.32 Å². The average molecular weight is 304 g/mol. The molecular formula is C14H28N2O5. The Balaban J connectivity index is 1.88. The van der Waals surface area contributed by atoms with Gasteiger partial charge in [-0.25, -0.2) is 0 Å². The molecule has 1 saturated heterocycles. The summed E-state index contributed by atoms with van der Waals surface area (Å²) in [7, 11) is 1.64. The molecule has 0 bridgehead atoms. The highest BCUT2D eigenvalue weighted by molar-refractivity contribution is 5.77. The summed E-state index contributed by atoms with van der Waals surface area (Å²) in [6, 6.07) is 0. The van der Waals surface area contributed by atoms with Crippen molar-refractivity contribution in [3.63, 3.8) is 0 Å². The highest BCUT2D eigenvalue weighted by atomic mass is 16.6. The molecule has 7 heteroatoms. The molecule has 1 amide bonds. The minimum absolute atomic E-state index is 0.0570. The predicted molar refractivity (Wildman–Crippen MR) is 78.4 cm³/mol. The van der Waals surface area contributed by atoms with E-state index in [1.165, 1.54) is 0 Å². The molecule has 1 rings (SSSR count). The van der Waals surface area contributed by atoms with E-state index in [-0.39, 0.29) is 12.5 Å². The molecular weight excluding hydrogens is 276 g/mol. The van der Waals surface area contributed by atoms with Gasteiger partial charge in [-0.1, -0.05) is 0 Å². The number of carbonyl (C=O) groups excluding carboxylic acids is 1. The number of carbonyl (C=O) groups is 1. The molecule has 1 heterocycles. The molecule has 124 valence electrons. The summed E-state index contributed by atoms with van der Waals surface area (Å²) in [6.07, 6.45) is 0.998. The van der Waals surface area contributed by atoms with Gasteiger partial charge in [-0.05, 0) is 13.0 Å². The van der Waals surface area contributed by atoms with Gasteiger partial charge in [0.25, 0.3) is 0 Å². The summed E-state index contributed by atoms with van der Waals surface area (Å²) >= 11 is 0. The SMILES string of the molecule is COCCOCCOCCOCC(=O)N1CCCNCC1. The van der Waals surface area contributed by atoms with Crippen LogP contribution in [0.5, 0.6) is 0 Å². The summed E-state index contributed by atoms with van der Waals surface area (Å²) in [5.74, 6) is 0.0570. The van der Waals surface area contributed by atoms with Gasteiger partial charge in [0.2, 0.25) is 5.91 Å². The summed E-state index contributed by atoms with van der Waals surface area (Å²) in [4.78, 5) is 13.7. The Hall–Kier alpha value is -0.730. The Morgan fingerprint density at radius 2 is 1.62 bits per heavy atom. The monoisotopic (exact) mass is 304 g/mol. The third-order valence-electron chi connectivity index (χ3n) is 3.09. The van der Waals surface area contributed by atoms with Gasteiger partial charge in [0.15, 0.2) is 0 Å². The van der Waals surface area contributed by atoms with Crippen LogP contribution >= 0.6 is 0 Å². The van der Waals surface area contributed by atoms with Crippen LogP contribution in [0.25, 0.3) is 0 Å². The van der Waals surface area contributed by atoms with Gasteiger partial charge in [-0.3, -0.25) is 4.79 Å². The van der Waals surface area contributed by atoms with E-state index in [1.54, 1.807) is 7.11 Å². The van der Waals surface area contributed by atoms with Crippen molar-refractivity contribution in [1.82, 2.24) is 10.2 Å². The first-order chi connectivity index (χ1) is 10.3.